The maximum atomic E-state index is 12.7. The van der Waals surface area contributed by atoms with Crippen molar-refractivity contribution in [1.29, 1.82) is 0 Å². The first-order valence-electron chi connectivity index (χ1n) is 10.7. The number of hydrogen-bond acceptors (Lipinski definition) is 8. The van der Waals surface area contributed by atoms with E-state index in [2.05, 4.69) is 14.7 Å². The van der Waals surface area contributed by atoms with Gasteiger partial charge in [0.25, 0.3) is 10.0 Å². The highest BCUT2D eigenvalue weighted by molar-refractivity contribution is 7.89. The molecule has 0 saturated carbocycles. The van der Waals surface area contributed by atoms with Crippen molar-refractivity contribution in [1.82, 2.24) is 14.7 Å². The van der Waals surface area contributed by atoms with E-state index in [0.29, 0.717) is 24.9 Å². The molecule has 34 heavy (non-hydrogen) atoms. The predicted octanol–water partition coefficient (Wildman–Crippen LogP) is 2.98. The summed E-state index contributed by atoms with van der Waals surface area (Å²) in [5.74, 6) is 0.346. The molecule has 0 spiro atoms. The molecule has 2 heterocycles. The van der Waals surface area contributed by atoms with Crippen molar-refractivity contribution >= 4 is 21.9 Å². The lowest BCUT2D eigenvalue weighted by atomic mass is 10.1. The Kier molecular flexibility index (Phi) is 7.07. The predicted molar refractivity (Wildman–Crippen MR) is 126 cm³/mol. The number of carbonyl (C=O) groups is 1. The minimum atomic E-state index is -3.77. The normalized spacial score (nSPS) is 15.0. The molecule has 0 atom stereocenters. The van der Waals surface area contributed by atoms with Crippen LogP contribution in [0.2, 0.25) is 0 Å². The van der Waals surface area contributed by atoms with E-state index >= 15 is 0 Å². The second kappa shape index (κ2) is 10.3. The molecule has 1 N–H and O–H groups in total. The van der Waals surface area contributed by atoms with E-state index in [1.807, 2.05) is 35.2 Å². The number of morpholine rings is 1. The van der Waals surface area contributed by atoms with Crippen molar-refractivity contribution in [2.24, 2.45) is 0 Å². The largest absolute Gasteiger partial charge is 0.493 e. The van der Waals surface area contributed by atoms with Gasteiger partial charge in [-0.05, 0) is 30.2 Å². The van der Waals surface area contributed by atoms with Gasteiger partial charge in [-0.3, -0.25) is 4.72 Å². The Bertz CT molecular complexity index is 1260. The first-order chi connectivity index (χ1) is 16.5. The molecule has 1 aromatic heterocycles. The number of ether oxygens (including phenoxy) is 2. The Balaban J connectivity index is 1.41. The summed E-state index contributed by atoms with van der Waals surface area (Å²) in [4.78, 5) is 22.2. The number of nitrogens with one attached hydrogen (secondary N) is 1. The van der Waals surface area contributed by atoms with Crippen molar-refractivity contribution in [3.63, 3.8) is 0 Å². The zero-order chi connectivity index (χ0) is 24.0. The van der Waals surface area contributed by atoms with Gasteiger partial charge in [0, 0.05) is 12.4 Å². The number of rotatable bonds is 7. The van der Waals surface area contributed by atoms with Crippen LogP contribution in [-0.4, -0.2) is 50.7 Å². The lowest BCUT2D eigenvalue weighted by molar-refractivity contribution is 0.0525. The number of benzene rings is 2. The van der Waals surface area contributed by atoms with E-state index in [-0.39, 0.29) is 23.6 Å². The minimum Gasteiger partial charge on any atom is -0.493 e. The molecule has 2 aromatic carbocycles. The van der Waals surface area contributed by atoms with E-state index in [1.165, 1.54) is 18.6 Å². The molecule has 1 fully saturated rings. The van der Waals surface area contributed by atoms with E-state index in [0.717, 1.165) is 11.1 Å². The number of sulfonamides is 1. The smallest absolute Gasteiger partial charge is 0.341 e. The zero-order valence-electron chi connectivity index (χ0n) is 18.5. The van der Waals surface area contributed by atoms with E-state index in [4.69, 9.17) is 9.47 Å². The van der Waals surface area contributed by atoms with Crippen LogP contribution >= 0.6 is 0 Å². The van der Waals surface area contributed by atoms with Crippen molar-refractivity contribution in [2.45, 2.75) is 11.8 Å². The van der Waals surface area contributed by atoms with Gasteiger partial charge in [-0.2, -0.15) is 0 Å². The molecule has 0 radical (unpaired) electrons. The molecule has 0 aliphatic carbocycles. The maximum Gasteiger partial charge on any atom is 0.341 e. The van der Waals surface area contributed by atoms with Crippen LogP contribution in [0.15, 0.2) is 83.8 Å². The Labute approximate surface area is 198 Å². The summed E-state index contributed by atoms with van der Waals surface area (Å²) < 4.78 is 38.5. The van der Waals surface area contributed by atoms with Crippen molar-refractivity contribution < 1.29 is 22.7 Å². The second-order valence-electron chi connectivity index (χ2n) is 7.38. The van der Waals surface area contributed by atoms with Gasteiger partial charge in [-0.1, -0.05) is 42.5 Å². The average Bonchev–Trinajstić information content (AvgIpc) is 2.88. The Morgan fingerprint density at radius 3 is 2.44 bits per heavy atom. The molecule has 0 amide bonds. The highest BCUT2D eigenvalue weighted by Crippen LogP contribution is 2.21. The molecular weight excluding hydrogens is 456 g/mol. The molecule has 176 valence electrons. The number of esters is 1. The van der Waals surface area contributed by atoms with Crippen molar-refractivity contribution in [3.8, 4) is 11.1 Å². The van der Waals surface area contributed by atoms with E-state index < -0.39 is 16.0 Å². The molecule has 1 saturated heterocycles. The second-order valence-corrected chi connectivity index (χ2v) is 9.10. The number of carbonyl (C=O) groups excluding carboxylic acids is 1. The molecule has 1 aliphatic heterocycles. The summed E-state index contributed by atoms with van der Waals surface area (Å²) >= 11 is 0. The fourth-order valence-electron chi connectivity index (χ4n) is 3.33. The maximum absolute atomic E-state index is 12.7. The fraction of sp³-hybridized carbons (Fsp3) is 0.208. The molecule has 4 rings (SSSR count). The Hall–Kier alpha value is -3.92. The fourth-order valence-corrected chi connectivity index (χ4v) is 4.25. The van der Waals surface area contributed by atoms with E-state index in [9.17, 15) is 13.2 Å². The van der Waals surface area contributed by atoms with Crippen LogP contribution in [0.1, 0.15) is 17.3 Å². The number of aromatic nitrogens is 2. The van der Waals surface area contributed by atoms with Crippen LogP contribution in [0.3, 0.4) is 0 Å². The molecule has 1 aliphatic rings. The number of anilines is 1. The molecule has 10 heteroatoms. The SMILES string of the molecule is CCOC(=O)c1cnc(N2CCO/C(=C\NS(=O)(=O)c3ccc(-c4ccccc4)cc3)C2)nc1. The average molecular weight is 481 g/mol. The first-order valence-corrected chi connectivity index (χ1v) is 12.2. The standard InChI is InChI=1S/C24H24N4O5S/c1-2-32-23(29)20-14-25-24(26-15-20)28-12-13-33-21(17-28)16-27-34(30,31)22-10-8-19(9-11-22)18-6-4-3-5-7-18/h3-11,14-16,27H,2,12-13,17H2,1H3/b21-16-. The van der Waals surface area contributed by atoms with Crippen LogP contribution in [0.5, 0.6) is 0 Å². The van der Waals surface area contributed by atoms with Crippen molar-refractivity contribution in [3.05, 3.63) is 84.5 Å². The summed E-state index contributed by atoms with van der Waals surface area (Å²) in [5, 5.41) is 0. The molecule has 3 aromatic rings. The monoisotopic (exact) mass is 480 g/mol. The van der Waals surface area contributed by atoms with Crippen LogP contribution in [-0.2, 0) is 19.5 Å². The van der Waals surface area contributed by atoms with Gasteiger partial charge in [-0.15, -0.1) is 0 Å². The summed E-state index contributed by atoms with van der Waals surface area (Å²) in [7, 11) is -3.77. The highest BCUT2D eigenvalue weighted by atomic mass is 32.2. The summed E-state index contributed by atoms with van der Waals surface area (Å²) in [6.45, 7) is 3.12. The quantitative estimate of drug-likeness (QED) is 0.514. The minimum absolute atomic E-state index is 0.148. The van der Waals surface area contributed by atoms with Gasteiger partial charge in [0.05, 0.1) is 36.4 Å². The zero-order valence-corrected chi connectivity index (χ0v) is 19.4. The molecule has 9 nitrogen and oxygen atoms in total. The van der Waals surface area contributed by atoms with Crippen LogP contribution in [0.4, 0.5) is 5.95 Å². The molecule has 0 unspecified atom stereocenters. The number of nitrogens with zero attached hydrogens (tertiary/aromatic N) is 3. The van der Waals surface area contributed by atoms with Gasteiger partial charge in [0.2, 0.25) is 5.95 Å². The van der Waals surface area contributed by atoms with Crippen LogP contribution < -0.4 is 9.62 Å². The van der Waals surface area contributed by atoms with Gasteiger partial charge in [0.1, 0.15) is 12.4 Å². The number of hydrogen-bond donors (Lipinski definition) is 1. The van der Waals surface area contributed by atoms with Crippen molar-refractivity contribution in [2.75, 3.05) is 31.2 Å². The van der Waals surface area contributed by atoms with Gasteiger partial charge in [0.15, 0.2) is 0 Å². The Morgan fingerprint density at radius 2 is 1.76 bits per heavy atom. The third-order valence-electron chi connectivity index (χ3n) is 5.07. The Morgan fingerprint density at radius 1 is 1.09 bits per heavy atom. The topological polar surface area (TPSA) is 111 Å². The van der Waals surface area contributed by atoms with Gasteiger partial charge in [-0.25, -0.2) is 23.2 Å². The molecular formula is C24H24N4O5S. The first kappa shape index (κ1) is 23.2. The summed E-state index contributed by atoms with van der Waals surface area (Å²) in [6, 6.07) is 16.4. The third kappa shape index (κ3) is 5.52. The van der Waals surface area contributed by atoms with Crippen LogP contribution in [0, 0.1) is 0 Å². The van der Waals surface area contributed by atoms with Gasteiger partial charge >= 0.3 is 5.97 Å². The van der Waals surface area contributed by atoms with Gasteiger partial charge < -0.3 is 14.4 Å². The highest BCUT2D eigenvalue weighted by Gasteiger charge is 2.20. The summed E-state index contributed by atoms with van der Waals surface area (Å²) in [5.41, 5.74) is 2.20. The third-order valence-corrected chi connectivity index (χ3v) is 6.40. The molecule has 0 bridgehead atoms. The lowest BCUT2D eigenvalue weighted by Crippen LogP contribution is -2.37. The van der Waals surface area contributed by atoms with E-state index in [1.54, 1.807) is 31.2 Å². The van der Waals surface area contributed by atoms with Crippen LogP contribution in [0.25, 0.3) is 11.1 Å². The summed E-state index contributed by atoms with van der Waals surface area (Å²) in [6.07, 6.45) is 4.14. The lowest BCUT2D eigenvalue weighted by Gasteiger charge is -2.29.